The molecule has 0 saturated carbocycles. The number of nitrogens with one attached hydrogen (secondary N) is 1. The van der Waals surface area contributed by atoms with Crippen LogP contribution in [0, 0.1) is 0 Å². The molecule has 7 heteroatoms. The van der Waals surface area contributed by atoms with E-state index in [0.29, 0.717) is 6.54 Å². The number of aromatic nitrogens is 1. The molecule has 1 aromatic heterocycles. The number of hydrogen-bond acceptors (Lipinski definition) is 4. The maximum atomic E-state index is 11.6. The van der Waals surface area contributed by atoms with Gasteiger partial charge in [-0.25, -0.2) is 9.59 Å². The lowest BCUT2D eigenvalue weighted by Crippen LogP contribution is -2.48. The summed E-state index contributed by atoms with van der Waals surface area (Å²) in [6.45, 7) is -0.323. The molecule has 18 heavy (non-hydrogen) atoms. The molecule has 0 unspecified atom stereocenters. The van der Waals surface area contributed by atoms with Crippen molar-refractivity contribution in [1.29, 1.82) is 0 Å². The van der Waals surface area contributed by atoms with Gasteiger partial charge in [0.15, 0.2) is 6.04 Å². The van der Waals surface area contributed by atoms with E-state index in [2.05, 4.69) is 10.3 Å². The van der Waals surface area contributed by atoms with Crippen LogP contribution in [0.5, 0.6) is 0 Å². The minimum atomic E-state index is -1.29. The van der Waals surface area contributed by atoms with E-state index in [0.717, 1.165) is 5.56 Å². The molecular weight excluding hydrogens is 238 g/mol. The van der Waals surface area contributed by atoms with Gasteiger partial charge in [-0.1, -0.05) is 0 Å². The molecule has 7 nitrogen and oxygen atoms in total. The molecule has 1 rings (SSSR count). The summed E-state index contributed by atoms with van der Waals surface area (Å²) in [4.78, 5) is 27.5. The van der Waals surface area contributed by atoms with E-state index in [4.69, 9.17) is 10.2 Å². The molecule has 0 spiro atoms. The van der Waals surface area contributed by atoms with Gasteiger partial charge in [0.2, 0.25) is 0 Å². The van der Waals surface area contributed by atoms with Crippen molar-refractivity contribution in [3.05, 3.63) is 30.1 Å². The minimum absolute atomic E-state index is 0.326. The van der Waals surface area contributed by atoms with E-state index in [1.807, 2.05) is 0 Å². The molecule has 0 aliphatic rings. The van der Waals surface area contributed by atoms with E-state index in [9.17, 15) is 9.59 Å². The first-order valence-corrected chi connectivity index (χ1v) is 5.28. The molecule has 3 N–H and O–H groups in total. The predicted octanol–water partition coefficient (Wildman–Crippen LogP) is -0.332. The third kappa shape index (κ3) is 4.02. The standard InChI is InChI=1S/C11H15N3O4/c1-14(6-8-2-4-12-5-3-8)11(18)13-9(7-15)10(16)17/h2-5,9,15H,6-7H2,1H3,(H,13,18)(H,16,17)/t9-/m0/s1. The summed E-state index contributed by atoms with van der Waals surface area (Å²) in [6.07, 6.45) is 3.21. The first kappa shape index (κ1) is 13.9. The molecule has 0 aliphatic heterocycles. The van der Waals surface area contributed by atoms with Crippen LogP contribution in [0.15, 0.2) is 24.5 Å². The Bertz CT molecular complexity index is 410. The van der Waals surface area contributed by atoms with Gasteiger partial charge in [0.05, 0.1) is 6.61 Å². The van der Waals surface area contributed by atoms with E-state index < -0.39 is 24.6 Å². The van der Waals surface area contributed by atoms with Crippen molar-refractivity contribution < 1.29 is 19.8 Å². The zero-order valence-corrected chi connectivity index (χ0v) is 9.91. The van der Waals surface area contributed by atoms with Crippen LogP contribution in [-0.2, 0) is 11.3 Å². The normalized spacial score (nSPS) is 11.7. The van der Waals surface area contributed by atoms with E-state index in [-0.39, 0.29) is 0 Å². The van der Waals surface area contributed by atoms with E-state index >= 15 is 0 Å². The maximum Gasteiger partial charge on any atom is 0.328 e. The van der Waals surface area contributed by atoms with Gasteiger partial charge in [-0.2, -0.15) is 0 Å². The Hall–Kier alpha value is -2.15. The van der Waals surface area contributed by atoms with Crippen molar-refractivity contribution in [3.63, 3.8) is 0 Å². The van der Waals surface area contributed by atoms with Crippen LogP contribution in [0.2, 0.25) is 0 Å². The van der Waals surface area contributed by atoms with Gasteiger partial charge in [0, 0.05) is 26.0 Å². The summed E-state index contributed by atoms with van der Waals surface area (Å²) in [6, 6.07) is 1.65. The highest BCUT2D eigenvalue weighted by Crippen LogP contribution is 2.01. The molecule has 2 amide bonds. The molecule has 1 aromatic rings. The fourth-order valence-electron chi connectivity index (χ4n) is 1.28. The molecule has 0 aliphatic carbocycles. The zero-order chi connectivity index (χ0) is 13.5. The van der Waals surface area contributed by atoms with Crippen molar-refractivity contribution in [1.82, 2.24) is 15.2 Å². The molecule has 0 fully saturated rings. The summed E-state index contributed by atoms with van der Waals surface area (Å²) in [5.74, 6) is -1.27. The lowest BCUT2D eigenvalue weighted by molar-refractivity contribution is -0.140. The second kappa shape index (κ2) is 6.55. The fraction of sp³-hybridized carbons (Fsp3) is 0.364. The smallest absolute Gasteiger partial charge is 0.328 e. The molecule has 1 heterocycles. The number of carbonyl (C=O) groups excluding carboxylic acids is 1. The van der Waals surface area contributed by atoms with Gasteiger partial charge >= 0.3 is 12.0 Å². The number of rotatable bonds is 5. The maximum absolute atomic E-state index is 11.6. The van der Waals surface area contributed by atoms with Crippen LogP contribution >= 0.6 is 0 Å². The highest BCUT2D eigenvalue weighted by Gasteiger charge is 2.20. The first-order valence-electron chi connectivity index (χ1n) is 5.28. The van der Waals surface area contributed by atoms with E-state index in [1.165, 1.54) is 11.9 Å². The summed E-state index contributed by atoms with van der Waals surface area (Å²) in [5, 5.41) is 19.7. The van der Waals surface area contributed by atoms with Crippen molar-refractivity contribution >= 4 is 12.0 Å². The van der Waals surface area contributed by atoms with Crippen LogP contribution in [0.3, 0.4) is 0 Å². The minimum Gasteiger partial charge on any atom is -0.480 e. The quantitative estimate of drug-likeness (QED) is 0.666. The number of amides is 2. The summed E-state index contributed by atoms with van der Waals surface area (Å²) in [7, 11) is 1.53. The van der Waals surface area contributed by atoms with Crippen LogP contribution in [0.4, 0.5) is 4.79 Å². The Kier molecular flexibility index (Phi) is 5.06. The Morgan fingerprint density at radius 3 is 2.56 bits per heavy atom. The Balaban J connectivity index is 2.54. The van der Waals surface area contributed by atoms with Crippen molar-refractivity contribution in [2.24, 2.45) is 0 Å². The Labute approximate surface area is 104 Å². The number of hydrogen-bond donors (Lipinski definition) is 3. The largest absolute Gasteiger partial charge is 0.480 e. The number of aliphatic carboxylic acids is 1. The lowest BCUT2D eigenvalue weighted by Gasteiger charge is -2.20. The Morgan fingerprint density at radius 1 is 1.44 bits per heavy atom. The summed E-state index contributed by atoms with van der Waals surface area (Å²) < 4.78 is 0. The van der Waals surface area contributed by atoms with Crippen LogP contribution < -0.4 is 5.32 Å². The van der Waals surface area contributed by atoms with Gasteiger partial charge in [-0.3, -0.25) is 4.98 Å². The second-order valence-electron chi connectivity index (χ2n) is 3.73. The van der Waals surface area contributed by atoms with Gasteiger partial charge in [0.1, 0.15) is 0 Å². The molecule has 0 bridgehead atoms. The lowest BCUT2D eigenvalue weighted by atomic mass is 10.2. The second-order valence-corrected chi connectivity index (χ2v) is 3.73. The number of carboxylic acid groups (broad SMARTS) is 1. The van der Waals surface area contributed by atoms with Crippen LogP contribution in [0.25, 0.3) is 0 Å². The van der Waals surface area contributed by atoms with Crippen molar-refractivity contribution in [2.75, 3.05) is 13.7 Å². The zero-order valence-electron chi connectivity index (χ0n) is 9.91. The number of carbonyl (C=O) groups is 2. The number of nitrogens with zero attached hydrogens (tertiary/aromatic N) is 2. The number of urea groups is 1. The summed E-state index contributed by atoms with van der Waals surface area (Å²) >= 11 is 0. The monoisotopic (exact) mass is 253 g/mol. The van der Waals surface area contributed by atoms with E-state index in [1.54, 1.807) is 24.5 Å². The SMILES string of the molecule is CN(Cc1ccncc1)C(=O)N[C@@H](CO)C(=O)O. The predicted molar refractivity (Wildman–Crippen MR) is 62.7 cm³/mol. The Morgan fingerprint density at radius 2 is 2.06 bits per heavy atom. The third-order valence-corrected chi connectivity index (χ3v) is 2.29. The molecule has 98 valence electrons. The van der Waals surface area contributed by atoms with Crippen molar-refractivity contribution in [3.8, 4) is 0 Å². The molecular formula is C11H15N3O4. The topological polar surface area (TPSA) is 103 Å². The molecule has 0 saturated heterocycles. The van der Waals surface area contributed by atoms with Crippen LogP contribution in [0.1, 0.15) is 5.56 Å². The average Bonchev–Trinajstić information content (AvgIpc) is 2.36. The van der Waals surface area contributed by atoms with Gasteiger partial charge in [0.25, 0.3) is 0 Å². The van der Waals surface area contributed by atoms with Gasteiger partial charge < -0.3 is 20.4 Å². The fourth-order valence-corrected chi connectivity index (χ4v) is 1.28. The number of aliphatic hydroxyl groups excluding tert-OH is 1. The number of carboxylic acids is 1. The first-order chi connectivity index (χ1) is 8.54. The molecule has 1 atom stereocenters. The molecule has 0 radical (unpaired) electrons. The highest BCUT2D eigenvalue weighted by molar-refractivity contribution is 5.82. The highest BCUT2D eigenvalue weighted by atomic mass is 16.4. The number of pyridine rings is 1. The third-order valence-electron chi connectivity index (χ3n) is 2.29. The van der Waals surface area contributed by atoms with Gasteiger partial charge in [-0.05, 0) is 17.7 Å². The summed E-state index contributed by atoms with van der Waals surface area (Å²) in [5.41, 5.74) is 0.874. The average molecular weight is 253 g/mol. The van der Waals surface area contributed by atoms with Gasteiger partial charge in [-0.15, -0.1) is 0 Å². The van der Waals surface area contributed by atoms with Crippen LogP contribution in [-0.4, -0.2) is 51.8 Å². The number of aliphatic hydroxyl groups is 1. The van der Waals surface area contributed by atoms with Crippen molar-refractivity contribution in [2.45, 2.75) is 12.6 Å². The molecule has 0 aromatic carbocycles.